The highest BCUT2D eigenvalue weighted by Gasteiger charge is 1.98. The van der Waals surface area contributed by atoms with Crippen LogP contribution in [0.25, 0.3) is 0 Å². The molecule has 58 valence electrons. The first-order chi connectivity index (χ1) is 5.25. The third-order valence-electron chi connectivity index (χ3n) is 1.78. The van der Waals surface area contributed by atoms with Crippen molar-refractivity contribution >= 4 is 15.4 Å². The normalized spacial score (nSPS) is 9.82. The standard InChI is InChI=1S/C9H12OSi/c1-2-4-7-5-3-6-8(10)9(7)11/h2-3,5-6,10H,1,4H2,11H3. The Morgan fingerprint density at radius 3 is 2.91 bits per heavy atom. The summed E-state index contributed by atoms with van der Waals surface area (Å²) in [6.07, 6.45) is 2.71. The van der Waals surface area contributed by atoms with Crippen LogP contribution in [-0.2, 0) is 6.42 Å². The molecule has 0 aliphatic heterocycles. The topological polar surface area (TPSA) is 20.2 Å². The molecule has 0 aliphatic carbocycles. The maximum absolute atomic E-state index is 9.33. The van der Waals surface area contributed by atoms with E-state index in [0.717, 1.165) is 21.9 Å². The summed E-state index contributed by atoms with van der Waals surface area (Å²) in [5.41, 5.74) is 1.20. The molecule has 1 aromatic rings. The second-order valence-corrected chi connectivity index (χ2v) is 3.55. The Kier molecular flexibility index (Phi) is 2.49. The molecule has 0 saturated heterocycles. The summed E-state index contributed by atoms with van der Waals surface area (Å²) in [6.45, 7) is 3.66. The molecule has 1 rings (SSSR count). The Labute approximate surface area is 69.8 Å². The highest BCUT2D eigenvalue weighted by Crippen LogP contribution is 2.06. The SMILES string of the molecule is C=CCc1cccc(O)c1[SiH3]. The summed E-state index contributed by atoms with van der Waals surface area (Å²) in [5, 5.41) is 10.4. The molecular formula is C9H12OSi. The molecule has 0 spiro atoms. The van der Waals surface area contributed by atoms with Crippen LogP contribution in [0, 0.1) is 0 Å². The quantitative estimate of drug-likeness (QED) is 0.486. The van der Waals surface area contributed by atoms with Gasteiger partial charge in [0.2, 0.25) is 0 Å². The van der Waals surface area contributed by atoms with Crippen LogP contribution in [0.15, 0.2) is 30.9 Å². The molecule has 0 fully saturated rings. The summed E-state index contributed by atoms with van der Waals surface area (Å²) < 4.78 is 0. The first-order valence-corrected chi connectivity index (χ1v) is 4.64. The average molecular weight is 164 g/mol. The zero-order chi connectivity index (χ0) is 8.27. The Balaban J connectivity index is 3.05. The van der Waals surface area contributed by atoms with E-state index in [9.17, 15) is 5.11 Å². The van der Waals surface area contributed by atoms with E-state index >= 15 is 0 Å². The van der Waals surface area contributed by atoms with Crippen LogP contribution in [-0.4, -0.2) is 15.3 Å². The van der Waals surface area contributed by atoms with Gasteiger partial charge in [-0.3, -0.25) is 0 Å². The van der Waals surface area contributed by atoms with Crippen LogP contribution in [0.3, 0.4) is 0 Å². The smallest absolute Gasteiger partial charge is 0.114 e. The summed E-state index contributed by atoms with van der Waals surface area (Å²) in [4.78, 5) is 0. The second-order valence-electron chi connectivity index (χ2n) is 2.55. The molecular weight excluding hydrogens is 152 g/mol. The molecule has 1 nitrogen and oxygen atoms in total. The number of aromatic hydroxyl groups is 1. The van der Waals surface area contributed by atoms with E-state index in [1.165, 1.54) is 5.56 Å². The van der Waals surface area contributed by atoms with E-state index in [-0.39, 0.29) is 0 Å². The summed E-state index contributed by atoms with van der Waals surface area (Å²) >= 11 is 0. The molecule has 0 bridgehead atoms. The van der Waals surface area contributed by atoms with Gasteiger partial charge in [0.05, 0.1) is 0 Å². The molecule has 0 amide bonds. The van der Waals surface area contributed by atoms with E-state index in [1.54, 1.807) is 6.07 Å². The summed E-state index contributed by atoms with van der Waals surface area (Å²) in [5.74, 6) is 0.427. The lowest BCUT2D eigenvalue weighted by Crippen LogP contribution is -2.09. The van der Waals surface area contributed by atoms with Crippen LogP contribution in [0.5, 0.6) is 5.75 Å². The van der Waals surface area contributed by atoms with E-state index in [2.05, 4.69) is 6.58 Å². The van der Waals surface area contributed by atoms with Crippen molar-refractivity contribution in [2.24, 2.45) is 0 Å². The minimum Gasteiger partial charge on any atom is -0.508 e. The van der Waals surface area contributed by atoms with Crippen molar-refractivity contribution in [3.8, 4) is 5.75 Å². The van der Waals surface area contributed by atoms with Crippen LogP contribution in [0.4, 0.5) is 0 Å². The summed E-state index contributed by atoms with van der Waals surface area (Å²) in [7, 11) is 0.894. The molecule has 2 heteroatoms. The minimum absolute atomic E-state index is 0.427. The number of hydrogen-bond donors (Lipinski definition) is 1. The fourth-order valence-electron chi connectivity index (χ4n) is 1.05. The number of allylic oxidation sites excluding steroid dienone is 1. The maximum atomic E-state index is 9.33. The van der Waals surface area contributed by atoms with Gasteiger partial charge < -0.3 is 5.11 Å². The number of rotatable bonds is 2. The van der Waals surface area contributed by atoms with Gasteiger partial charge in [0.15, 0.2) is 0 Å². The zero-order valence-corrected chi connectivity index (χ0v) is 8.67. The predicted octanol–water partition coefficient (Wildman–Crippen LogP) is 0.111. The van der Waals surface area contributed by atoms with Crippen molar-refractivity contribution in [3.63, 3.8) is 0 Å². The first-order valence-electron chi connectivity index (χ1n) is 3.64. The minimum atomic E-state index is 0.427. The predicted molar refractivity (Wildman–Crippen MR) is 51.6 cm³/mol. The Hall–Kier alpha value is -1.02. The monoisotopic (exact) mass is 164 g/mol. The van der Waals surface area contributed by atoms with E-state index in [4.69, 9.17) is 0 Å². The van der Waals surface area contributed by atoms with Crippen LogP contribution in [0.1, 0.15) is 5.56 Å². The first kappa shape index (κ1) is 8.08. The number of phenols is 1. The number of phenolic OH excluding ortho intramolecular Hbond substituents is 1. The Morgan fingerprint density at radius 2 is 2.27 bits per heavy atom. The van der Waals surface area contributed by atoms with Gasteiger partial charge in [-0.25, -0.2) is 0 Å². The molecule has 0 aromatic heterocycles. The van der Waals surface area contributed by atoms with Gasteiger partial charge in [-0.05, 0) is 23.2 Å². The van der Waals surface area contributed by atoms with Crippen LogP contribution < -0.4 is 5.19 Å². The van der Waals surface area contributed by atoms with Crippen molar-refractivity contribution in [2.75, 3.05) is 0 Å². The molecule has 0 unspecified atom stereocenters. The van der Waals surface area contributed by atoms with Gasteiger partial charge in [0.25, 0.3) is 0 Å². The molecule has 0 atom stereocenters. The molecule has 11 heavy (non-hydrogen) atoms. The van der Waals surface area contributed by atoms with Gasteiger partial charge in [-0.15, -0.1) is 6.58 Å². The molecule has 0 heterocycles. The number of hydrogen-bond acceptors (Lipinski definition) is 1. The van der Waals surface area contributed by atoms with E-state index < -0.39 is 0 Å². The lowest BCUT2D eigenvalue weighted by molar-refractivity contribution is 0.479. The van der Waals surface area contributed by atoms with Crippen molar-refractivity contribution < 1.29 is 5.11 Å². The van der Waals surface area contributed by atoms with E-state index in [1.807, 2.05) is 18.2 Å². The summed E-state index contributed by atoms with van der Waals surface area (Å²) in [6, 6.07) is 5.63. The van der Waals surface area contributed by atoms with Gasteiger partial charge >= 0.3 is 0 Å². The Bertz CT molecular complexity index is 268. The molecule has 1 aromatic carbocycles. The van der Waals surface area contributed by atoms with Crippen molar-refractivity contribution in [1.82, 2.24) is 0 Å². The number of benzene rings is 1. The van der Waals surface area contributed by atoms with Crippen molar-refractivity contribution in [1.29, 1.82) is 0 Å². The molecule has 0 radical (unpaired) electrons. The Morgan fingerprint density at radius 1 is 1.55 bits per heavy atom. The lowest BCUT2D eigenvalue weighted by atomic mass is 10.1. The van der Waals surface area contributed by atoms with Crippen LogP contribution in [0.2, 0.25) is 0 Å². The second kappa shape index (κ2) is 3.39. The van der Waals surface area contributed by atoms with Crippen molar-refractivity contribution in [3.05, 3.63) is 36.4 Å². The van der Waals surface area contributed by atoms with Crippen molar-refractivity contribution in [2.45, 2.75) is 6.42 Å². The third kappa shape index (κ3) is 1.71. The lowest BCUT2D eigenvalue weighted by Gasteiger charge is -2.03. The third-order valence-corrected chi connectivity index (χ3v) is 2.94. The highest BCUT2D eigenvalue weighted by molar-refractivity contribution is 6.35. The largest absolute Gasteiger partial charge is 0.508 e. The van der Waals surface area contributed by atoms with Gasteiger partial charge in [0, 0.05) is 10.2 Å². The highest BCUT2D eigenvalue weighted by atomic mass is 28.1. The molecule has 1 N–H and O–H groups in total. The van der Waals surface area contributed by atoms with Gasteiger partial charge in [-0.2, -0.15) is 0 Å². The maximum Gasteiger partial charge on any atom is 0.114 e. The van der Waals surface area contributed by atoms with Gasteiger partial charge in [0.1, 0.15) is 5.75 Å². The molecule has 0 saturated carbocycles. The fourth-order valence-corrected chi connectivity index (χ4v) is 1.58. The van der Waals surface area contributed by atoms with Crippen LogP contribution >= 0.6 is 0 Å². The molecule has 0 aliphatic rings. The average Bonchev–Trinajstić information content (AvgIpc) is 1.99. The zero-order valence-electron chi connectivity index (χ0n) is 6.67. The fraction of sp³-hybridized carbons (Fsp3) is 0.111. The van der Waals surface area contributed by atoms with Gasteiger partial charge in [-0.1, -0.05) is 18.2 Å². The van der Waals surface area contributed by atoms with E-state index in [0.29, 0.717) is 5.75 Å².